The van der Waals surface area contributed by atoms with E-state index in [0.717, 1.165) is 22.9 Å². The molecule has 0 aliphatic heterocycles. The highest BCUT2D eigenvalue weighted by Crippen LogP contribution is 2.26. The molecule has 0 aliphatic rings. The Morgan fingerprint density at radius 2 is 2.14 bits per heavy atom. The molecule has 0 bridgehead atoms. The Kier molecular flexibility index (Phi) is 4.89. The van der Waals surface area contributed by atoms with Gasteiger partial charge in [-0.05, 0) is 53.0 Å². The smallest absolute Gasteiger partial charge is 0.0548 e. The summed E-state index contributed by atoms with van der Waals surface area (Å²) >= 11 is 9.25. The Hall–Kier alpha value is -0.0900. The fourth-order valence-electron chi connectivity index (χ4n) is 1.25. The van der Waals surface area contributed by atoms with Crippen molar-refractivity contribution in [1.82, 2.24) is 0 Å². The van der Waals surface area contributed by atoms with E-state index in [-0.39, 0.29) is 6.04 Å². The van der Waals surface area contributed by atoms with Crippen LogP contribution < -0.4 is 11.5 Å². The van der Waals surface area contributed by atoms with Crippen molar-refractivity contribution in [2.24, 2.45) is 11.5 Å². The van der Waals surface area contributed by atoms with Gasteiger partial charge in [-0.2, -0.15) is 0 Å². The molecule has 0 amide bonds. The van der Waals surface area contributed by atoms with E-state index in [0.29, 0.717) is 11.6 Å². The van der Waals surface area contributed by atoms with Crippen LogP contribution in [-0.4, -0.2) is 6.54 Å². The number of hydrogen-bond donors (Lipinski definition) is 2. The Balaban J connectivity index is 2.70. The van der Waals surface area contributed by atoms with Gasteiger partial charge in [0.1, 0.15) is 0 Å². The summed E-state index contributed by atoms with van der Waals surface area (Å²) in [6.07, 6.45) is 1.85. The van der Waals surface area contributed by atoms with Gasteiger partial charge in [0, 0.05) is 10.5 Å². The number of halogens is 2. The van der Waals surface area contributed by atoms with Crippen molar-refractivity contribution < 1.29 is 0 Å². The van der Waals surface area contributed by atoms with Crippen LogP contribution in [-0.2, 0) is 0 Å². The number of rotatable bonds is 4. The molecule has 0 spiro atoms. The van der Waals surface area contributed by atoms with Crippen LogP contribution >= 0.6 is 27.5 Å². The molecule has 0 saturated carbocycles. The molecule has 1 atom stereocenters. The predicted molar refractivity (Wildman–Crippen MR) is 64.4 cm³/mol. The number of benzene rings is 1. The lowest BCUT2D eigenvalue weighted by Crippen LogP contribution is -2.12. The maximum Gasteiger partial charge on any atom is 0.0548 e. The van der Waals surface area contributed by atoms with Crippen molar-refractivity contribution in [3.63, 3.8) is 0 Å². The largest absolute Gasteiger partial charge is 0.330 e. The third-order valence-electron chi connectivity index (χ3n) is 2.09. The Labute approximate surface area is 97.7 Å². The SMILES string of the molecule is NCCC[C@@H](N)c1ccc(Cl)c(Br)c1. The molecule has 1 aromatic carbocycles. The minimum Gasteiger partial charge on any atom is -0.330 e. The summed E-state index contributed by atoms with van der Waals surface area (Å²) in [7, 11) is 0. The highest BCUT2D eigenvalue weighted by atomic mass is 79.9. The quantitative estimate of drug-likeness (QED) is 0.889. The van der Waals surface area contributed by atoms with E-state index in [1.807, 2.05) is 18.2 Å². The summed E-state index contributed by atoms with van der Waals surface area (Å²) < 4.78 is 0.889. The van der Waals surface area contributed by atoms with Gasteiger partial charge in [0.25, 0.3) is 0 Å². The molecule has 4 N–H and O–H groups in total. The summed E-state index contributed by atoms with van der Waals surface area (Å²) in [6.45, 7) is 0.683. The molecule has 0 aliphatic carbocycles. The third kappa shape index (κ3) is 3.24. The maximum atomic E-state index is 5.98. The molecule has 0 heterocycles. The second kappa shape index (κ2) is 5.71. The Morgan fingerprint density at radius 3 is 2.71 bits per heavy atom. The first-order valence-electron chi connectivity index (χ1n) is 4.55. The summed E-state index contributed by atoms with van der Waals surface area (Å²) in [4.78, 5) is 0. The van der Waals surface area contributed by atoms with Crippen molar-refractivity contribution in [2.75, 3.05) is 6.54 Å². The van der Waals surface area contributed by atoms with Gasteiger partial charge in [0.2, 0.25) is 0 Å². The average Bonchev–Trinajstić information content (AvgIpc) is 2.18. The molecular weight excluding hydrogens is 263 g/mol. The summed E-state index contributed by atoms with van der Waals surface area (Å²) in [5, 5.41) is 0.708. The van der Waals surface area contributed by atoms with Crippen LogP contribution in [0, 0.1) is 0 Å². The van der Waals surface area contributed by atoms with E-state index in [2.05, 4.69) is 15.9 Å². The molecule has 2 nitrogen and oxygen atoms in total. The minimum absolute atomic E-state index is 0.0483. The highest BCUT2D eigenvalue weighted by molar-refractivity contribution is 9.10. The predicted octanol–water partition coefficient (Wildman–Crippen LogP) is 2.84. The molecule has 1 aromatic rings. The Bertz CT molecular complexity index is 304. The zero-order chi connectivity index (χ0) is 10.6. The van der Waals surface area contributed by atoms with Gasteiger partial charge in [0.05, 0.1) is 5.02 Å². The standard InChI is InChI=1S/C10H14BrClN2/c11-8-6-7(3-4-9(8)12)10(14)2-1-5-13/h3-4,6,10H,1-2,5,13-14H2/t10-/m1/s1. The second-order valence-electron chi connectivity index (χ2n) is 3.21. The molecule has 0 radical (unpaired) electrons. The lowest BCUT2D eigenvalue weighted by molar-refractivity contribution is 0.618. The molecule has 0 aromatic heterocycles. The van der Waals surface area contributed by atoms with E-state index in [1.165, 1.54) is 0 Å². The van der Waals surface area contributed by atoms with E-state index in [9.17, 15) is 0 Å². The average molecular weight is 278 g/mol. The monoisotopic (exact) mass is 276 g/mol. The summed E-state index contributed by atoms with van der Waals surface area (Å²) in [6, 6.07) is 5.81. The van der Waals surface area contributed by atoms with Crippen LogP contribution in [0.4, 0.5) is 0 Å². The topological polar surface area (TPSA) is 52.0 Å². The van der Waals surface area contributed by atoms with E-state index in [1.54, 1.807) is 0 Å². The molecule has 4 heteroatoms. The first-order valence-corrected chi connectivity index (χ1v) is 5.73. The summed E-state index contributed by atoms with van der Waals surface area (Å²) in [5.74, 6) is 0. The number of hydrogen-bond acceptors (Lipinski definition) is 2. The van der Waals surface area contributed by atoms with Crippen molar-refractivity contribution in [2.45, 2.75) is 18.9 Å². The lowest BCUT2D eigenvalue weighted by Gasteiger charge is -2.11. The van der Waals surface area contributed by atoms with Gasteiger partial charge in [-0.25, -0.2) is 0 Å². The van der Waals surface area contributed by atoms with Crippen LogP contribution in [0.1, 0.15) is 24.4 Å². The van der Waals surface area contributed by atoms with Gasteiger partial charge >= 0.3 is 0 Å². The fourth-order valence-corrected chi connectivity index (χ4v) is 1.76. The van der Waals surface area contributed by atoms with Gasteiger partial charge in [-0.1, -0.05) is 17.7 Å². The molecule has 0 fully saturated rings. The van der Waals surface area contributed by atoms with Crippen LogP contribution in [0.25, 0.3) is 0 Å². The van der Waals surface area contributed by atoms with Crippen molar-refractivity contribution in [3.8, 4) is 0 Å². The lowest BCUT2D eigenvalue weighted by atomic mass is 10.0. The molecule has 14 heavy (non-hydrogen) atoms. The third-order valence-corrected chi connectivity index (χ3v) is 3.31. The van der Waals surface area contributed by atoms with Crippen LogP contribution in [0.2, 0.25) is 5.02 Å². The van der Waals surface area contributed by atoms with Crippen molar-refractivity contribution in [1.29, 1.82) is 0 Å². The van der Waals surface area contributed by atoms with Gasteiger partial charge in [-0.15, -0.1) is 0 Å². The molecule has 0 saturated heterocycles. The highest BCUT2D eigenvalue weighted by Gasteiger charge is 2.06. The Morgan fingerprint density at radius 1 is 1.43 bits per heavy atom. The number of nitrogens with two attached hydrogens (primary N) is 2. The molecule has 78 valence electrons. The van der Waals surface area contributed by atoms with Gasteiger partial charge in [0.15, 0.2) is 0 Å². The van der Waals surface area contributed by atoms with E-state index < -0.39 is 0 Å². The van der Waals surface area contributed by atoms with E-state index >= 15 is 0 Å². The molecule has 1 rings (SSSR count). The second-order valence-corrected chi connectivity index (χ2v) is 4.47. The normalized spacial score (nSPS) is 12.9. The first kappa shape index (κ1) is 12.0. The van der Waals surface area contributed by atoms with Gasteiger partial charge < -0.3 is 11.5 Å². The van der Waals surface area contributed by atoms with Crippen LogP contribution in [0.15, 0.2) is 22.7 Å². The first-order chi connectivity index (χ1) is 6.65. The maximum absolute atomic E-state index is 5.98. The van der Waals surface area contributed by atoms with Crippen LogP contribution in [0.5, 0.6) is 0 Å². The van der Waals surface area contributed by atoms with Crippen molar-refractivity contribution in [3.05, 3.63) is 33.3 Å². The zero-order valence-electron chi connectivity index (χ0n) is 7.84. The molecular formula is C10H14BrClN2. The molecule has 0 unspecified atom stereocenters. The van der Waals surface area contributed by atoms with E-state index in [4.69, 9.17) is 23.1 Å². The fraction of sp³-hybridized carbons (Fsp3) is 0.400. The van der Waals surface area contributed by atoms with Crippen molar-refractivity contribution >= 4 is 27.5 Å². The van der Waals surface area contributed by atoms with Crippen LogP contribution in [0.3, 0.4) is 0 Å². The summed E-state index contributed by atoms with van der Waals surface area (Å²) in [5.41, 5.74) is 12.5. The zero-order valence-corrected chi connectivity index (χ0v) is 10.2. The minimum atomic E-state index is 0.0483. The van der Waals surface area contributed by atoms with Gasteiger partial charge in [-0.3, -0.25) is 0 Å².